The molecule has 1 heterocycles. The van der Waals surface area contributed by atoms with E-state index in [1.807, 2.05) is 13.8 Å². The third kappa shape index (κ3) is 4.33. The van der Waals surface area contributed by atoms with E-state index in [1.54, 1.807) is 32.0 Å². The Morgan fingerprint density at radius 2 is 1.92 bits per heavy atom. The van der Waals surface area contributed by atoms with Crippen LogP contribution in [0.5, 0.6) is 11.5 Å². The Morgan fingerprint density at radius 3 is 2.58 bits per heavy atom. The molecule has 140 valence electrons. The van der Waals surface area contributed by atoms with Gasteiger partial charge in [0.25, 0.3) is 5.56 Å². The number of aromatic nitrogens is 2. The van der Waals surface area contributed by atoms with Crippen molar-refractivity contribution in [3.05, 3.63) is 39.8 Å². The van der Waals surface area contributed by atoms with Crippen molar-refractivity contribution < 1.29 is 14.3 Å². The van der Waals surface area contributed by atoms with Crippen LogP contribution in [0, 0.1) is 13.8 Å². The molecule has 0 atom stereocenters. The van der Waals surface area contributed by atoms with Crippen molar-refractivity contribution in [1.82, 2.24) is 9.55 Å². The second-order valence-electron chi connectivity index (χ2n) is 5.64. The summed E-state index contributed by atoms with van der Waals surface area (Å²) < 4.78 is 12.1. The number of hydrogen-bond donors (Lipinski definition) is 2. The molecule has 0 bridgehead atoms. The minimum absolute atomic E-state index is 0.00125. The minimum Gasteiger partial charge on any atom is -0.494 e. The van der Waals surface area contributed by atoms with E-state index in [9.17, 15) is 9.59 Å². The molecule has 2 rings (SSSR count). The average molecular weight is 360 g/mol. The Kier molecular flexibility index (Phi) is 6.21. The van der Waals surface area contributed by atoms with Crippen molar-refractivity contribution in [2.45, 2.75) is 34.2 Å². The van der Waals surface area contributed by atoms with Crippen LogP contribution in [0.25, 0.3) is 0 Å². The summed E-state index contributed by atoms with van der Waals surface area (Å²) in [5.41, 5.74) is 6.94. The molecule has 1 aromatic heterocycles. The fraction of sp³-hybridized carbons (Fsp3) is 0.389. The summed E-state index contributed by atoms with van der Waals surface area (Å²) in [5.74, 6) is 0.707. The van der Waals surface area contributed by atoms with Crippen LogP contribution in [0.15, 0.2) is 23.0 Å². The molecule has 2 aromatic rings. The molecule has 3 N–H and O–H groups in total. The maximum Gasteiger partial charge on any atom is 0.258 e. The molecule has 0 fully saturated rings. The van der Waals surface area contributed by atoms with E-state index >= 15 is 0 Å². The number of anilines is 2. The van der Waals surface area contributed by atoms with Gasteiger partial charge in [0.2, 0.25) is 11.9 Å². The molecule has 8 nitrogen and oxygen atoms in total. The highest BCUT2D eigenvalue weighted by atomic mass is 16.5. The number of carbonyl (C=O) groups is 1. The van der Waals surface area contributed by atoms with Crippen LogP contribution >= 0.6 is 0 Å². The standard InChI is InChI=1S/C18H24N4O4/c1-5-25-13-7-8-15(26-6-2)14(9-13)21-16(23)10-22-17(24)11(3)12(4)20-18(22)19/h7-9H,5-6,10H2,1-4H3,(H2,19,20)(H,21,23). The molecule has 1 aromatic carbocycles. The SMILES string of the molecule is CCOc1ccc(OCC)c(NC(=O)Cn2c(N)nc(C)c(C)c2=O)c1. The number of nitrogen functional groups attached to an aromatic ring is 1. The molecular weight excluding hydrogens is 336 g/mol. The Bertz CT molecular complexity index is 861. The number of carbonyl (C=O) groups excluding carboxylic acids is 1. The van der Waals surface area contributed by atoms with E-state index in [0.717, 1.165) is 4.57 Å². The summed E-state index contributed by atoms with van der Waals surface area (Å²) in [6, 6.07) is 5.17. The average Bonchev–Trinajstić information content (AvgIpc) is 2.59. The van der Waals surface area contributed by atoms with Gasteiger partial charge >= 0.3 is 0 Å². The number of nitrogens with one attached hydrogen (secondary N) is 1. The molecule has 0 aliphatic rings. The molecule has 0 spiro atoms. The fourth-order valence-electron chi connectivity index (χ4n) is 2.41. The number of amides is 1. The van der Waals surface area contributed by atoms with Crippen LogP contribution < -0.4 is 26.1 Å². The van der Waals surface area contributed by atoms with Gasteiger partial charge in [0.15, 0.2) is 0 Å². The lowest BCUT2D eigenvalue weighted by Gasteiger charge is -2.15. The first-order chi connectivity index (χ1) is 12.4. The first kappa shape index (κ1) is 19.3. The zero-order chi connectivity index (χ0) is 19.3. The number of benzene rings is 1. The quantitative estimate of drug-likeness (QED) is 0.780. The van der Waals surface area contributed by atoms with Crippen molar-refractivity contribution in [3.63, 3.8) is 0 Å². The van der Waals surface area contributed by atoms with Crippen LogP contribution in [0.3, 0.4) is 0 Å². The summed E-state index contributed by atoms with van der Waals surface area (Å²) in [6.45, 7) is 7.78. The number of rotatable bonds is 7. The molecule has 0 radical (unpaired) electrons. The molecular formula is C18H24N4O4. The molecule has 0 aliphatic heterocycles. The first-order valence-electron chi connectivity index (χ1n) is 8.40. The second-order valence-corrected chi connectivity index (χ2v) is 5.64. The second kappa shape index (κ2) is 8.37. The molecule has 0 saturated carbocycles. The van der Waals surface area contributed by atoms with Crippen LogP contribution in [0.1, 0.15) is 25.1 Å². The Labute approximate surface area is 151 Å². The van der Waals surface area contributed by atoms with Crippen molar-refractivity contribution in [3.8, 4) is 11.5 Å². The minimum atomic E-state index is -0.418. The number of nitrogens with zero attached hydrogens (tertiary/aromatic N) is 2. The van der Waals surface area contributed by atoms with Gasteiger partial charge < -0.3 is 20.5 Å². The van der Waals surface area contributed by atoms with E-state index in [2.05, 4.69) is 10.3 Å². The Hall–Kier alpha value is -3.03. The van der Waals surface area contributed by atoms with Gasteiger partial charge in [-0.25, -0.2) is 4.98 Å². The van der Waals surface area contributed by atoms with Gasteiger partial charge in [-0.3, -0.25) is 14.2 Å². The van der Waals surface area contributed by atoms with Gasteiger partial charge in [0.1, 0.15) is 18.0 Å². The molecule has 1 amide bonds. The van der Waals surface area contributed by atoms with E-state index < -0.39 is 5.91 Å². The lowest BCUT2D eigenvalue weighted by atomic mass is 10.2. The normalized spacial score (nSPS) is 10.5. The summed E-state index contributed by atoms with van der Waals surface area (Å²) >= 11 is 0. The van der Waals surface area contributed by atoms with Gasteiger partial charge in [-0.1, -0.05) is 0 Å². The summed E-state index contributed by atoms with van der Waals surface area (Å²) in [4.78, 5) is 28.9. The predicted octanol–water partition coefficient (Wildman–Crippen LogP) is 1.88. The summed E-state index contributed by atoms with van der Waals surface area (Å²) in [6.07, 6.45) is 0. The number of hydrogen-bond acceptors (Lipinski definition) is 6. The van der Waals surface area contributed by atoms with Gasteiger partial charge in [0.05, 0.1) is 18.9 Å². The van der Waals surface area contributed by atoms with Gasteiger partial charge in [-0.05, 0) is 39.8 Å². The maximum atomic E-state index is 12.5. The third-order valence-electron chi connectivity index (χ3n) is 3.81. The molecule has 0 saturated heterocycles. The molecule has 8 heteroatoms. The Balaban J connectivity index is 2.26. The topological polar surface area (TPSA) is 108 Å². The lowest BCUT2D eigenvalue weighted by molar-refractivity contribution is -0.116. The van der Waals surface area contributed by atoms with Gasteiger partial charge in [-0.2, -0.15) is 0 Å². The summed E-state index contributed by atoms with van der Waals surface area (Å²) in [5, 5.41) is 2.74. The monoisotopic (exact) mass is 360 g/mol. The molecule has 0 aliphatic carbocycles. The van der Waals surface area contributed by atoms with Gasteiger partial charge in [0, 0.05) is 17.3 Å². The van der Waals surface area contributed by atoms with E-state index in [4.69, 9.17) is 15.2 Å². The lowest BCUT2D eigenvalue weighted by Crippen LogP contribution is -2.32. The van der Waals surface area contributed by atoms with Crippen molar-refractivity contribution in [1.29, 1.82) is 0 Å². The first-order valence-corrected chi connectivity index (χ1v) is 8.40. The van der Waals surface area contributed by atoms with Crippen molar-refractivity contribution >= 4 is 17.5 Å². The van der Waals surface area contributed by atoms with Gasteiger partial charge in [-0.15, -0.1) is 0 Å². The van der Waals surface area contributed by atoms with Crippen LogP contribution in [0.2, 0.25) is 0 Å². The van der Waals surface area contributed by atoms with Crippen molar-refractivity contribution in [2.24, 2.45) is 0 Å². The smallest absolute Gasteiger partial charge is 0.258 e. The van der Waals surface area contributed by atoms with Crippen LogP contribution in [-0.2, 0) is 11.3 Å². The number of aryl methyl sites for hydroxylation is 1. The predicted molar refractivity (Wildman–Crippen MR) is 99.8 cm³/mol. The van der Waals surface area contributed by atoms with Crippen molar-refractivity contribution in [2.75, 3.05) is 24.3 Å². The van der Waals surface area contributed by atoms with E-state index in [0.29, 0.717) is 41.7 Å². The Morgan fingerprint density at radius 1 is 1.23 bits per heavy atom. The number of ether oxygens (including phenoxy) is 2. The fourth-order valence-corrected chi connectivity index (χ4v) is 2.41. The highest BCUT2D eigenvalue weighted by Crippen LogP contribution is 2.29. The maximum absolute atomic E-state index is 12.5. The van der Waals surface area contributed by atoms with E-state index in [1.165, 1.54) is 0 Å². The zero-order valence-corrected chi connectivity index (χ0v) is 15.5. The summed E-state index contributed by atoms with van der Waals surface area (Å²) in [7, 11) is 0. The molecule has 26 heavy (non-hydrogen) atoms. The van der Waals surface area contributed by atoms with Crippen LogP contribution in [-0.4, -0.2) is 28.7 Å². The largest absolute Gasteiger partial charge is 0.494 e. The van der Waals surface area contributed by atoms with E-state index in [-0.39, 0.29) is 18.1 Å². The van der Waals surface area contributed by atoms with Crippen LogP contribution in [0.4, 0.5) is 11.6 Å². The third-order valence-corrected chi connectivity index (χ3v) is 3.81. The highest BCUT2D eigenvalue weighted by Gasteiger charge is 2.14. The molecule has 0 unspecified atom stereocenters. The zero-order valence-electron chi connectivity index (χ0n) is 15.5. The number of nitrogens with two attached hydrogens (primary N) is 1. The highest BCUT2D eigenvalue weighted by molar-refractivity contribution is 5.92.